The molecule has 1 heterocycles. The van der Waals surface area contributed by atoms with Crippen molar-refractivity contribution in [3.8, 4) is 10.4 Å². The van der Waals surface area contributed by atoms with Crippen molar-refractivity contribution >= 4 is 11.3 Å². The largest absolute Gasteiger partial charge is 0.313 e. The van der Waals surface area contributed by atoms with Crippen molar-refractivity contribution in [2.45, 2.75) is 39.2 Å². The lowest BCUT2D eigenvalue weighted by Gasteiger charge is -2.07. The van der Waals surface area contributed by atoms with Gasteiger partial charge in [0.05, 0.1) is 0 Å². The standard InChI is InChI=1S/C17H22FNS/c1-2-3-4-5-10-19-13-14-8-9-16(18)15(12-14)17-7-6-11-20-17/h6-9,11-12,19H,2-5,10,13H2,1H3. The smallest absolute Gasteiger partial charge is 0.131 e. The summed E-state index contributed by atoms with van der Waals surface area (Å²) in [5, 5.41) is 5.41. The molecule has 0 unspecified atom stereocenters. The summed E-state index contributed by atoms with van der Waals surface area (Å²) in [4.78, 5) is 0.993. The maximum atomic E-state index is 13.8. The van der Waals surface area contributed by atoms with E-state index in [0.29, 0.717) is 5.56 Å². The molecule has 1 nitrogen and oxygen atoms in total. The normalized spacial score (nSPS) is 10.9. The van der Waals surface area contributed by atoms with Crippen LogP contribution in [0.5, 0.6) is 0 Å². The monoisotopic (exact) mass is 291 g/mol. The minimum Gasteiger partial charge on any atom is -0.313 e. The van der Waals surface area contributed by atoms with Crippen molar-refractivity contribution in [3.63, 3.8) is 0 Å². The Morgan fingerprint density at radius 1 is 1.15 bits per heavy atom. The highest BCUT2D eigenvalue weighted by Crippen LogP contribution is 2.28. The molecule has 0 atom stereocenters. The van der Waals surface area contributed by atoms with Crippen LogP contribution in [0.1, 0.15) is 38.2 Å². The van der Waals surface area contributed by atoms with Crippen LogP contribution >= 0.6 is 11.3 Å². The van der Waals surface area contributed by atoms with Crippen LogP contribution in [0.2, 0.25) is 0 Å². The second-order valence-corrected chi connectivity index (χ2v) is 5.98. The number of nitrogens with one attached hydrogen (secondary N) is 1. The minimum absolute atomic E-state index is 0.140. The van der Waals surface area contributed by atoms with Crippen molar-refractivity contribution in [2.75, 3.05) is 6.54 Å². The minimum atomic E-state index is -0.140. The number of rotatable bonds is 8. The van der Waals surface area contributed by atoms with Gasteiger partial charge in [0.1, 0.15) is 5.82 Å². The zero-order chi connectivity index (χ0) is 14.2. The van der Waals surface area contributed by atoms with Crippen molar-refractivity contribution in [1.29, 1.82) is 0 Å². The molecule has 0 spiro atoms. The van der Waals surface area contributed by atoms with Gasteiger partial charge in [-0.3, -0.25) is 0 Å². The molecule has 108 valence electrons. The first-order valence-electron chi connectivity index (χ1n) is 7.34. The Morgan fingerprint density at radius 2 is 2.05 bits per heavy atom. The lowest BCUT2D eigenvalue weighted by Crippen LogP contribution is -2.14. The number of benzene rings is 1. The molecule has 1 aromatic carbocycles. The summed E-state index contributed by atoms with van der Waals surface area (Å²) < 4.78 is 13.8. The lowest BCUT2D eigenvalue weighted by atomic mass is 10.1. The lowest BCUT2D eigenvalue weighted by molar-refractivity contribution is 0.596. The second-order valence-electron chi connectivity index (χ2n) is 5.03. The van der Waals surface area contributed by atoms with E-state index < -0.39 is 0 Å². The molecule has 0 saturated carbocycles. The molecule has 20 heavy (non-hydrogen) atoms. The zero-order valence-corrected chi connectivity index (χ0v) is 12.8. The van der Waals surface area contributed by atoms with Crippen molar-refractivity contribution < 1.29 is 4.39 Å². The molecule has 0 aliphatic rings. The van der Waals surface area contributed by atoms with Gasteiger partial charge in [0.15, 0.2) is 0 Å². The summed E-state index contributed by atoms with van der Waals surface area (Å²) in [6.07, 6.45) is 5.07. The molecule has 0 aliphatic carbocycles. The summed E-state index contributed by atoms with van der Waals surface area (Å²) >= 11 is 1.58. The Kier molecular flexibility index (Phi) is 6.22. The van der Waals surface area contributed by atoms with Gasteiger partial charge in [-0.05, 0) is 42.1 Å². The van der Waals surface area contributed by atoms with Gasteiger partial charge in [0, 0.05) is 17.0 Å². The van der Waals surface area contributed by atoms with Crippen LogP contribution in [0.4, 0.5) is 4.39 Å². The summed E-state index contributed by atoms with van der Waals surface area (Å²) in [7, 11) is 0. The highest BCUT2D eigenvalue weighted by atomic mass is 32.1. The van der Waals surface area contributed by atoms with E-state index in [-0.39, 0.29) is 5.82 Å². The first kappa shape index (κ1) is 15.2. The van der Waals surface area contributed by atoms with Gasteiger partial charge in [0.25, 0.3) is 0 Å². The van der Waals surface area contributed by atoms with Crippen LogP contribution in [-0.4, -0.2) is 6.54 Å². The van der Waals surface area contributed by atoms with Gasteiger partial charge in [0.2, 0.25) is 0 Å². The maximum absolute atomic E-state index is 13.8. The second kappa shape index (κ2) is 8.18. The molecule has 0 saturated heterocycles. The van der Waals surface area contributed by atoms with E-state index in [1.165, 1.54) is 25.7 Å². The fourth-order valence-corrected chi connectivity index (χ4v) is 2.96. The van der Waals surface area contributed by atoms with E-state index in [2.05, 4.69) is 12.2 Å². The molecule has 0 amide bonds. The van der Waals surface area contributed by atoms with Gasteiger partial charge >= 0.3 is 0 Å². The Morgan fingerprint density at radius 3 is 2.80 bits per heavy atom. The van der Waals surface area contributed by atoms with Crippen LogP contribution in [0.15, 0.2) is 35.7 Å². The zero-order valence-electron chi connectivity index (χ0n) is 12.0. The molecule has 0 aliphatic heterocycles. The fourth-order valence-electron chi connectivity index (χ4n) is 2.21. The molecule has 1 N–H and O–H groups in total. The van der Waals surface area contributed by atoms with Gasteiger partial charge < -0.3 is 5.32 Å². The number of halogens is 1. The molecule has 0 fully saturated rings. The first-order valence-corrected chi connectivity index (χ1v) is 8.22. The van der Waals surface area contributed by atoms with Gasteiger partial charge in [-0.15, -0.1) is 11.3 Å². The third-order valence-electron chi connectivity index (χ3n) is 3.35. The first-order chi connectivity index (χ1) is 9.81. The average molecular weight is 291 g/mol. The molecule has 0 radical (unpaired) electrons. The Labute approximate surface area is 124 Å². The van der Waals surface area contributed by atoms with E-state index in [1.54, 1.807) is 17.4 Å². The highest BCUT2D eigenvalue weighted by Gasteiger charge is 2.07. The van der Waals surface area contributed by atoms with Gasteiger partial charge in [-0.1, -0.05) is 38.3 Å². The molecular weight excluding hydrogens is 269 g/mol. The van der Waals surface area contributed by atoms with Crippen LogP contribution < -0.4 is 5.32 Å². The van der Waals surface area contributed by atoms with Crippen molar-refractivity contribution in [1.82, 2.24) is 5.32 Å². The molecule has 0 bridgehead atoms. The number of hydrogen-bond acceptors (Lipinski definition) is 2. The highest BCUT2D eigenvalue weighted by molar-refractivity contribution is 7.13. The van der Waals surface area contributed by atoms with E-state index in [1.807, 2.05) is 29.6 Å². The molecule has 2 rings (SSSR count). The predicted molar refractivity (Wildman–Crippen MR) is 85.6 cm³/mol. The molecule has 3 heteroatoms. The Bertz CT molecular complexity index is 508. The van der Waals surface area contributed by atoms with Gasteiger partial charge in [-0.2, -0.15) is 0 Å². The molecular formula is C17H22FNS. The number of thiophene rings is 1. The Balaban J connectivity index is 1.88. The fraction of sp³-hybridized carbons (Fsp3) is 0.412. The third-order valence-corrected chi connectivity index (χ3v) is 4.26. The Hall–Kier alpha value is -1.19. The number of hydrogen-bond donors (Lipinski definition) is 1. The maximum Gasteiger partial charge on any atom is 0.131 e. The van der Waals surface area contributed by atoms with Crippen LogP contribution in [-0.2, 0) is 6.54 Å². The van der Waals surface area contributed by atoms with E-state index in [0.717, 1.165) is 23.5 Å². The molecule has 2 aromatic rings. The number of unbranched alkanes of at least 4 members (excludes halogenated alkanes) is 3. The summed E-state index contributed by atoms with van der Waals surface area (Å²) in [6, 6.07) is 9.32. The predicted octanol–water partition coefficient (Wildman–Crippen LogP) is 5.22. The summed E-state index contributed by atoms with van der Waals surface area (Å²) in [5.74, 6) is -0.140. The quantitative estimate of drug-likeness (QED) is 0.657. The van der Waals surface area contributed by atoms with E-state index >= 15 is 0 Å². The van der Waals surface area contributed by atoms with Crippen LogP contribution in [0, 0.1) is 5.82 Å². The third kappa shape index (κ3) is 4.43. The topological polar surface area (TPSA) is 12.0 Å². The summed E-state index contributed by atoms with van der Waals surface area (Å²) in [5.41, 5.74) is 1.86. The van der Waals surface area contributed by atoms with Crippen molar-refractivity contribution in [3.05, 3.63) is 47.1 Å². The van der Waals surface area contributed by atoms with E-state index in [9.17, 15) is 4.39 Å². The van der Waals surface area contributed by atoms with Crippen molar-refractivity contribution in [2.24, 2.45) is 0 Å². The molecule has 1 aromatic heterocycles. The van der Waals surface area contributed by atoms with Crippen LogP contribution in [0.3, 0.4) is 0 Å². The van der Waals surface area contributed by atoms with E-state index in [4.69, 9.17) is 0 Å². The van der Waals surface area contributed by atoms with Gasteiger partial charge in [-0.25, -0.2) is 4.39 Å². The summed E-state index contributed by atoms with van der Waals surface area (Å²) in [6.45, 7) is 4.06. The SMILES string of the molecule is CCCCCCNCc1ccc(F)c(-c2cccs2)c1. The van der Waals surface area contributed by atoms with Crippen LogP contribution in [0.25, 0.3) is 10.4 Å². The average Bonchev–Trinajstić information content (AvgIpc) is 2.98.